The van der Waals surface area contributed by atoms with Crippen LogP contribution in [-0.4, -0.2) is 31.3 Å². The minimum Gasteiger partial charge on any atom is -0.497 e. The summed E-state index contributed by atoms with van der Waals surface area (Å²) in [6.45, 7) is 2.30. The molecule has 0 spiro atoms. The van der Waals surface area contributed by atoms with Crippen LogP contribution < -0.4 is 15.4 Å². The molecule has 0 saturated heterocycles. The lowest BCUT2D eigenvalue weighted by Gasteiger charge is -2.08. The Hall–Kier alpha value is -3.15. The summed E-state index contributed by atoms with van der Waals surface area (Å²) in [7, 11) is 1.59. The van der Waals surface area contributed by atoms with Crippen molar-refractivity contribution >= 4 is 17.6 Å². The smallest absolute Gasteiger partial charge is 0.239 e. The molecular formula is C22H26N2O4. The van der Waals surface area contributed by atoms with Gasteiger partial charge in [-0.25, -0.2) is 0 Å². The zero-order valence-electron chi connectivity index (χ0n) is 16.3. The predicted octanol–water partition coefficient (Wildman–Crippen LogP) is 2.65. The number of carbonyl (C=O) groups is 3. The molecule has 2 amide bonds. The monoisotopic (exact) mass is 382 g/mol. The second-order valence-corrected chi connectivity index (χ2v) is 6.38. The highest BCUT2D eigenvalue weighted by molar-refractivity contribution is 5.98. The van der Waals surface area contributed by atoms with Crippen LogP contribution in [0.2, 0.25) is 0 Å². The summed E-state index contributed by atoms with van der Waals surface area (Å²) >= 11 is 0. The highest BCUT2D eigenvalue weighted by Gasteiger charge is 2.10. The Bertz CT molecular complexity index is 798. The maximum Gasteiger partial charge on any atom is 0.239 e. The Kier molecular flexibility index (Phi) is 8.21. The third-order valence-corrected chi connectivity index (χ3v) is 4.36. The van der Waals surface area contributed by atoms with Gasteiger partial charge in [0.05, 0.1) is 13.7 Å². The van der Waals surface area contributed by atoms with Crippen molar-refractivity contribution in [2.24, 2.45) is 0 Å². The van der Waals surface area contributed by atoms with Gasteiger partial charge in [0.15, 0.2) is 5.78 Å². The lowest BCUT2D eigenvalue weighted by atomic mass is 10.0. The summed E-state index contributed by atoms with van der Waals surface area (Å²) in [4.78, 5) is 35.8. The molecule has 2 rings (SSSR count). The minimum atomic E-state index is -0.321. The molecule has 0 heterocycles. The van der Waals surface area contributed by atoms with Crippen molar-refractivity contribution in [2.45, 2.75) is 32.7 Å². The number of methoxy groups -OCH3 is 1. The maximum atomic E-state index is 12.1. The molecule has 6 nitrogen and oxygen atoms in total. The fourth-order valence-electron chi connectivity index (χ4n) is 2.57. The zero-order valence-corrected chi connectivity index (χ0v) is 16.3. The van der Waals surface area contributed by atoms with Crippen LogP contribution in [0.3, 0.4) is 0 Å². The van der Waals surface area contributed by atoms with E-state index in [4.69, 9.17) is 4.74 Å². The standard InChI is InChI=1S/C22H26N2O4/c1-3-16-4-8-18(9-5-16)20(25)12-13-21(26)24-15-22(27)23-14-17-6-10-19(28-2)11-7-17/h4-11H,3,12-15H2,1-2H3,(H,23,27)(H,24,26). The molecule has 0 fully saturated rings. The zero-order chi connectivity index (χ0) is 20.4. The number of aryl methyl sites for hydroxylation is 1. The summed E-state index contributed by atoms with van der Waals surface area (Å²) < 4.78 is 5.08. The predicted molar refractivity (Wildman–Crippen MR) is 107 cm³/mol. The van der Waals surface area contributed by atoms with E-state index < -0.39 is 0 Å². The molecule has 0 saturated carbocycles. The SMILES string of the molecule is CCc1ccc(C(=O)CCC(=O)NCC(=O)NCc2ccc(OC)cc2)cc1. The molecule has 0 aliphatic rings. The lowest BCUT2D eigenvalue weighted by Crippen LogP contribution is -2.36. The van der Waals surface area contributed by atoms with Crippen LogP contribution in [0, 0.1) is 0 Å². The topological polar surface area (TPSA) is 84.5 Å². The lowest BCUT2D eigenvalue weighted by molar-refractivity contribution is -0.126. The van der Waals surface area contributed by atoms with Gasteiger partial charge in [0, 0.05) is 24.9 Å². The third kappa shape index (κ3) is 6.87. The molecule has 0 aromatic heterocycles. The van der Waals surface area contributed by atoms with Crippen molar-refractivity contribution in [3.8, 4) is 5.75 Å². The molecule has 2 aromatic rings. The van der Waals surface area contributed by atoms with Gasteiger partial charge in [0.1, 0.15) is 5.75 Å². The van der Waals surface area contributed by atoms with Gasteiger partial charge in [-0.2, -0.15) is 0 Å². The molecule has 2 aromatic carbocycles. The van der Waals surface area contributed by atoms with Crippen molar-refractivity contribution in [3.63, 3.8) is 0 Å². The van der Waals surface area contributed by atoms with E-state index in [1.807, 2.05) is 43.3 Å². The van der Waals surface area contributed by atoms with E-state index in [1.54, 1.807) is 19.2 Å². The molecule has 0 aliphatic carbocycles. The summed E-state index contributed by atoms with van der Waals surface area (Å²) in [5.41, 5.74) is 2.69. The van der Waals surface area contributed by atoms with Crippen LogP contribution >= 0.6 is 0 Å². The van der Waals surface area contributed by atoms with E-state index in [9.17, 15) is 14.4 Å². The number of carbonyl (C=O) groups excluding carboxylic acids is 3. The fraction of sp³-hybridized carbons (Fsp3) is 0.318. The Labute approximate surface area is 165 Å². The number of Topliss-reactive ketones (excluding diaryl/α,β-unsaturated/α-hetero) is 1. The van der Waals surface area contributed by atoms with Crippen molar-refractivity contribution in [2.75, 3.05) is 13.7 Å². The number of ketones is 1. The molecule has 148 valence electrons. The van der Waals surface area contributed by atoms with Gasteiger partial charge in [-0.1, -0.05) is 43.3 Å². The average Bonchev–Trinajstić information content (AvgIpc) is 2.74. The highest BCUT2D eigenvalue weighted by Crippen LogP contribution is 2.11. The molecule has 6 heteroatoms. The number of benzene rings is 2. The van der Waals surface area contributed by atoms with Crippen LogP contribution in [0.5, 0.6) is 5.75 Å². The molecule has 28 heavy (non-hydrogen) atoms. The van der Waals surface area contributed by atoms with E-state index in [2.05, 4.69) is 10.6 Å². The van der Waals surface area contributed by atoms with Gasteiger partial charge in [0.2, 0.25) is 11.8 Å². The van der Waals surface area contributed by atoms with Crippen molar-refractivity contribution < 1.29 is 19.1 Å². The normalized spacial score (nSPS) is 10.2. The molecule has 0 unspecified atom stereocenters. The van der Waals surface area contributed by atoms with E-state index in [-0.39, 0.29) is 37.0 Å². The van der Waals surface area contributed by atoms with E-state index >= 15 is 0 Å². The number of nitrogens with one attached hydrogen (secondary N) is 2. The first-order chi connectivity index (χ1) is 13.5. The Morgan fingerprint density at radius 3 is 2.07 bits per heavy atom. The maximum absolute atomic E-state index is 12.1. The molecule has 2 N–H and O–H groups in total. The molecular weight excluding hydrogens is 356 g/mol. The molecule has 0 atom stereocenters. The second kappa shape index (κ2) is 10.9. The van der Waals surface area contributed by atoms with E-state index in [0.29, 0.717) is 12.1 Å². The Balaban J connectivity index is 1.66. The summed E-state index contributed by atoms with van der Waals surface area (Å²) in [5.74, 6) is 0.0590. The van der Waals surface area contributed by atoms with Crippen molar-refractivity contribution in [1.82, 2.24) is 10.6 Å². The largest absolute Gasteiger partial charge is 0.497 e. The molecule has 0 aliphatic heterocycles. The Morgan fingerprint density at radius 2 is 1.46 bits per heavy atom. The third-order valence-electron chi connectivity index (χ3n) is 4.36. The van der Waals surface area contributed by atoms with Crippen LogP contribution in [-0.2, 0) is 22.6 Å². The van der Waals surface area contributed by atoms with E-state index in [0.717, 1.165) is 23.3 Å². The van der Waals surface area contributed by atoms with Gasteiger partial charge in [0.25, 0.3) is 0 Å². The number of rotatable bonds is 10. The number of amides is 2. The summed E-state index contributed by atoms with van der Waals surface area (Å²) in [6, 6.07) is 14.7. The minimum absolute atomic E-state index is 0.0557. The van der Waals surface area contributed by atoms with Crippen LogP contribution in [0.15, 0.2) is 48.5 Å². The van der Waals surface area contributed by atoms with E-state index in [1.165, 1.54) is 0 Å². The quantitative estimate of drug-likeness (QED) is 0.619. The van der Waals surface area contributed by atoms with Crippen LogP contribution in [0.4, 0.5) is 0 Å². The first kappa shape index (κ1) is 21.2. The Morgan fingerprint density at radius 1 is 0.821 bits per heavy atom. The van der Waals surface area contributed by atoms with Gasteiger partial charge < -0.3 is 15.4 Å². The highest BCUT2D eigenvalue weighted by atomic mass is 16.5. The van der Waals surface area contributed by atoms with Crippen LogP contribution in [0.25, 0.3) is 0 Å². The first-order valence-electron chi connectivity index (χ1n) is 9.30. The van der Waals surface area contributed by atoms with Gasteiger partial charge in [-0.15, -0.1) is 0 Å². The first-order valence-corrected chi connectivity index (χ1v) is 9.30. The van der Waals surface area contributed by atoms with Crippen molar-refractivity contribution in [1.29, 1.82) is 0 Å². The number of hydrogen-bond donors (Lipinski definition) is 2. The molecule has 0 radical (unpaired) electrons. The number of hydrogen-bond acceptors (Lipinski definition) is 4. The fourth-order valence-corrected chi connectivity index (χ4v) is 2.57. The van der Waals surface area contributed by atoms with Gasteiger partial charge >= 0.3 is 0 Å². The van der Waals surface area contributed by atoms with Crippen LogP contribution in [0.1, 0.15) is 41.3 Å². The summed E-state index contributed by atoms with van der Waals surface area (Å²) in [6.07, 6.45) is 1.09. The number of ether oxygens (including phenoxy) is 1. The second-order valence-electron chi connectivity index (χ2n) is 6.38. The molecule has 0 bridgehead atoms. The van der Waals surface area contributed by atoms with Crippen molar-refractivity contribution in [3.05, 3.63) is 65.2 Å². The average molecular weight is 382 g/mol. The summed E-state index contributed by atoms with van der Waals surface area (Å²) in [5, 5.41) is 5.27. The van der Waals surface area contributed by atoms with Gasteiger partial charge in [-0.3, -0.25) is 14.4 Å². The van der Waals surface area contributed by atoms with Gasteiger partial charge in [-0.05, 0) is 29.7 Å².